The molecule has 6 heteroatoms. The van der Waals surface area contributed by atoms with Crippen LogP contribution in [-0.2, 0) is 14.6 Å². The molecule has 0 spiro atoms. The fourth-order valence-corrected chi connectivity index (χ4v) is 4.37. The molecule has 1 amide bonds. The SMILES string of the molecule is O=C(CCS(=O)(=O)c1ccccc1)Nc1ccc(N2CCCCC2)cc1. The molecule has 1 heterocycles. The first kappa shape index (κ1) is 18.5. The Morgan fingerprint density at radius 2 is 1.58 bits per heavy atom. The summed E-state index contributed by atoms with van der Waals surface area (Å²) in [5.41, 5.74) is 1.85. The molecule has 3 rings (SSSR count). The van der Waals surface area contributed by atoms with Gasteiger partial charge in [-0.15, -0.1) is 0 Å². The van der Waals surface area contributed by atoms with Gasteiger partial charge in [0.2, 0.25) is 5.91 Å². The van der Waals surface area contributed by atoms with Crippen LogP contribution in [0.1, 0.15) is 25.7 Å². The van der Waals surface area contributed by atoms with Crippen LogP contribution in [0.15, 0.2) is 59.5 Å². The van der Waals surface area contributed by atoms with Crippen LogP contribution in [0.4, 0.5) is 11.4 Å². The predicted octanol–water partition coefficient (Wildman–Crippen LogP) is 3.48. The number of carbonyl (C=O) groups excluding carboxylic acids is 1. The van der Waals surface area contributed by atoms with Gasteiger partial charge < -0.3 is 10.2 Å². The lowest BCUT2D eigenvalue weighted by molar-refractivity contribution is -0.115. The van der Waals surface area contributed by atoms with Gasteiger partial charge in [-0.1, -0.05) is 18.2 Å². The first-order valence-corrected chi connectivity index (χ1v) is 10.6. The van der Waals surface area contributed by atoms with E-state index in [1.165, 1.54) is 19.3 Å². The van der Waals surface area contributed by atoms with E-state index in [-0.39, 0.29) is 23.0 Å². The normalized spacial score (nSPS) is 14.8. The maximum Gasteiger partial charge on any atom is 0.225 e. The third-order valence-electron chi connectivity index (χ3n) is 4.57. The van der Waals surface area contributed by atoms with Crippen molar-refractivity contribution in [1.29, 1.82) is 0 Å². The van der Waals surface area contributed by atoms with E-state index in [4.69, 9.17) is 0 Å². The number of hydrogen-bond acceptors (Lipinski definition) is 4. The van der Waals surface area contributed by atoms with E-state index >= 15 is 0 Å². The second-order valence-electron chi connectivity index (χ2n) is 6.52. The second-order valence-corrected chi connectivity index (χ2v) is 8.63. The van der Waals surface area contributed by atoms with E-state index in [2.05, 4.69) is 10.2 Å². The molecule has 0 aromatic heterocycles. The summed E-state index contributed by atoms with van der Waals surface area (Å²) in [4.78, 5) is 14.7. The number of piperidine rings is 1. The highest BCUT2D eigenvalue weighted by atomic mass is 32.2. The number of amides is 1. The Hall–Kier alpha value is -2.34. The van der Waals surface area contributed by atoms with Gasteiger partial charge >= 0.3 is 0 Å². The van der Waals surface area contributed by atoms with Crippen LogP contribution in [0, 0.1) is 0 Å². The molecule has 2 aromatic rings. The number of benzene rings is 2. The third-order valence-corrected chi connectivity index (χ3v) is 6.30. The minimum atomic E-state index is -3.44. The van der Waals surface area contributed by atoms with Crippen molar-refractivity contribution in [2.24, 2.45) is 0 Å². The average molecular weight is 372 g/mol. The van der Waals surface area contributed by atoms with Gasteiger partial charge in [0.25, 0.3) is 0 Å². The van der Waals surface area contributed by atoms with Crippen molar-refractivity contribution in [3.63, 3.8) is 0 Å². The quantitative estimate of drug-likeness (QED) is 0.843. The largest absolute Gasteiger partial charge is 0.372 e. The molecule has 138 valence electrons. The molecule has 0 saturated carbocycles. The number of sulfone groups is 1. The maximum absolute atomic E-state index is 12.2. The second kappa shape index (κ2) is 8.36. The van der Waals surface area contributed by atoms with Gasteiger partial charge in [-0.05, 0) is 55.7 Å². The number of carbonyl (C=O) groups is 1. The molecule has 0 radical (unpaired) electrons. The van der Waals surface area contributed by atoms with Crippen molar-refractivity contribution >= 4 is 27.1 Å². The standard InChI is InChI=1S/C20H24N2O3S/c23-20(13-16-26(24,25)19-7-3-1-4-8-19)21-17-9-11-18(12-10-17)22-14-5-2-6-15-22/h1,3-4,7-12H,2,5-6,13-16H2,(H,21,23). The van der Waals surface area contributed by atoms with Crippen molar-refractivity contribution < 1.29 is 13.2 Å². The zero-order chi connectivity index (χ0) is 18.4. The van der Waals surface area contributed by atoms with E-state index in [1.807, 2.05) is 24.3 Å². The van der Waals surface area contributed by atoms with Gasteiger partial charge in [0.15, 0.2) is 9.84 Å². The van der Waals surface area contributed by atoms with Gasteiger partial charge in [0, 0.05) is 30.9 Å². The van der Waals surface area contributed by atoms with E-state index < -0.39 is 9.84 Å². The maximum atomic E-state index is 12.2. The summed E-state index contributed by atoms with van der Waals surface area (Å²) in [6.07, 6.45) is 3.66. The minimum absolute atomic E-state index is 0.0644. The van der Waals surface area contributed by atoms with Crippen LogP contribution < -0.4 is 10.2 Å². The highest BCUT2D eigenvalue weighted by molar-refractivity contribution is 7.91. The molecular formula is C20H24N2O3S. The van der Waals surface area contributed by atoms with Crippen molar-refractivity contribution in [2.45, 2.75) is 30.6 Å². The molecule has 0 aliphatic carbocycles. The topological polar surface area (TPSA) is 66.5 Å². The lowest BCUT2D eigenvalue weighted by Crippen LogP contribution is -2.29. The molecule has 0 bridgehead atoms. The minimum Gasteiger partial charge on any atom is -0.372 e. The number of nitrogens with one attached hydrogen (secondary N) is 1. The van der Waals surface area contributed by atoms with Gasteiger partial charge in [0.05, 0.1) is 10.6 Å². The molecule has 1 N–H and O–H groups in total. The lowest BCUT2D eigenvalue weighted by Gasteiger charge is -2.28. The first-order chi connectivity index (χ1) is 12.5. The van der Waals surface area contributed by atoms with E-state index in [9.17, 15) is 13.2 Å². The molecule has 2 aromatic carbocycles. The number of hydrogen-bond donors (Lipinski definition) is 1. The molecule has 1 aliphatic rings. The van der Waals surface area contributed by atoms with Crippen LogP contribution in [0.2, 0.25) is 0 Å². The Bertz CT molecular complexity index is 827. The smallest absolute Gasteiger partial charge is 0.225 e. The van der Waals surface area contributed by atoms with Crippen LogP contribution >= 0.6 is 0 Å². The van der Waals surface area contributed by atoms with E-state index in [0.29, 0.717) is 5.69 Å². The molecule has 5 nitrogen and oxygen atoms in total. The number of rotatable bonds is 6. The van der Waals surface area contributed by atoms with Crippen molar-refractivity contribution in [2.75, 3.05) is 29.1 Å². The molecule has 26 heavy (non-hydrogen) atoms. The van der Waals surface area contributed by atoms with Gasteiger partial charge in [-0.2, -0.15) is 0 Å². The Morgan fingerprint density at radius 1 is 0.923 bits per heavy atom. The zero-order valence-corrected chi connectivity index (χ0v) is 15.5. The lowest BCUT2D eigenvalue weighted by atomic mass is 10.1. The summed E-state index contributed by atoms with van der Waals surface area (Å²) in [6, 6.07) is 16.0. The summed E-state index contributed by atoms with van der Waals surface area (Å²) in [5.74, 6) is -0.496. The van der Waals surface area contributed by atoms with Crippen molar-refractivity contribution in [3.8, 4) is 0 Å². The molecule has 0 atom stereocenters. The predicted molar refractivity (Wildman–Crippen MR) is 104 cm³/mol. The van der Waals surface area contributed by atoms with Crippen molar-refractivity contribution in [1.82, 2.24) is 0 Å². The fourth-order valence-electron chi connectivity index (χ4n) is 3.10. The average Bonchev–Trinajstić information content (AvgIpc) is 2.68. The molecule has 1 fully saturated rings. The highest BCUT2D eigenvalue weighted by Crippen LogP contribution is 2.22. The molecular weight excluding hydrogens is 348 g/mol. The fraction of sp³-hybridized carbons (Fsp3) is 0.350. The summed E-state index contributed by atoms with van der Waals surface area (Å²) in [5, 5.41) is 2.77. The Morgan fingerprint density at radius 3 is 2.23 bits per heavy atom. The van der Waals surface area contributed by atoms with Crippen LogP contribution in [0.3, 0.4) is 0 Å². The number of nitrogens with zero attached hydrogens (tertiary/aromatic N) is 1. The highest BCUT2D eigenvalue weighted by Gasteiger charge is 2.16. The third kappa shape index (κ3) is 4.85. The van der Waals surface area contributed by atoms with E-state index in [0.717, 1.165) is 18.8 Å². The number of anilines is 2. The Balaban J connectivity index is 1.53. The van der Waals surface area contributed by atoms with Crippen molar-refractivity contribution in [3.05, 3.63) is 54.6 Å². The monoisotopic (exact) mass is 372 g/mol. The van der Waals surface area contributed by atoms with Gasteiger partial charge in [0.1, 0.15) is 0 Å². The Labute approximate surface area is 154 Å². The first-order valence-electron chi connectivity index (χ1n) is 8.97. The molecule has 1 aliphatic heterocycles. The summed E-state index contributed by atoms with van der Waals surface area (Å²) in [6.45, 7) is 2.14. The molecule has 1 saturated heterocycles. The van der Waals surface area contributed by atoms with Crippen LogP contribution in [-0.4, -0.2) is 33.2 Å². The summed E-state index contributed by atoms with van der Waals surface area (Å²) in [7, 11) is -3.44. The van der Waals surface area contributed by atoms with E-state index in [1.54, 1.807) is 30.3 Å². The van der Waals surface area contributed by atoms with Gasteiger partial charge in [-0.3, -0.25) is 4.79 Å². The Kier molecular flexibility index (Phi) is 5.93. The molecule has 0 unspecified atom stereocenters. The van der Waals surface area contributed by atoms with Crippen LogP contribution in [0.5, 0.6) is 0 Å². The van der Waals surface area contributed by atoms with Gasteiger partial charge in [-0.25, -0.2) is 8.42 Å². The summed E-state index contributed by atoms with van der Waals surface area (Å²) >= 11 is 0. The zero-order valence-electron chi connectivity index (χ0n) is 14.7. The van der Waals surface area contributed by atoms with Crippen LogP contribution in [0.25, 0.3) is 0 Å². The summed E-state index contributed by atoms with van der Waals surface area (Å²) < 4.78 is 24.4.